The van der Waals surface area contributed by atoms with Crippen LogP contribution in [0.4, 0.5) is 4.39 Å². The fourth-order valence-electron chi connectivity index (χ4n) is 3.14. The van der Waals surface area contributed by atoms with Crippen LogP contribution in [0.5, 0.6) is 0 Å². The van der Waals surface area contributed by atoms with Crippen LogP contribution in [0.25, 0.3) is 0 Å². The van der Waals surface area contributed by atoms with Crippen molar-refractivity contribution >= 4 is 0 Å². The van der Waals surface area contributed by atoms with Gasteiger partial charge in [-0.05, 0) is 55.0 Å². The highest BCUT2D eigenvalue weighted by molar-refractivity contribution is 5.28. The SMILES string of the molecule is NC(Cc1cccc(F)c1)C1CCCc2cccnc21. The second kappa shape index (κ2) is 5.71. The van der Waals surface area contributed by atoms with Gasteiger partial charge in [0.15, 0.2) is 0 Å². The number of pyridine rings is 1. The summed E-state index contributed by atoms with van der Waals surface area (Å²) < 4.78 is 13.2. The van der Waals surface area contributed by atoms with E-state index in [9.17, 15) is 4.39 Å². The summed E-state index contributed by atoms with van der Waals surface area (Å²) in [6, 6.07) is 10.8. The van der Waals surface area contributed by atoms with Gasteiger partial charge >= 0.3 is 0 Å². The van der Waals surface area contributed by atoms with E-state index in [1.807, 2.05) is 18.3 Å². The Bertz CT molecular complexity index is 597. The predicted molar refractivity (Wildman–Crippen MR) is 78.0 cm³/mol. The lowest BCUT2D eigenvalue weighted by molar-refractivity contribution is 0.448. The summed E-state index contributed by atoms with van der Waals surface area (Å²) in [7, 11) is 0. The standard InChI is InChI=1S/C17H19FN2/c18-14-7-1-4-12(10-14)11-16(19)15-8-2-5-13-6-3-9-20-17(13)15/h1,3-4,6-7,9-10,15-16H,2,5,8,11,19H2. The van der Waals surface area contributed by atoms with Gasteiger partial charge in [0.1, 0.15) is 5.82 Å². The molecule has 0 amide bonds. The number of benzene rings is 1. The van der Waals surface area contributed by atoms with E-state index in [-0.39, 0.29) is 17.8 Å². The highest BCUT2D eigenvalue weighted by Gasteiger charge is 2.26. The summed E-state index contributed by atoms with van der Waals surface area (Å²) in [5.74, 6) is 0.0834. The number of aromatic nitrogens is 1. The molecule has 0 bridgehead atoms. The second-order valence-corrected chi connectivity index (χ2v) is 5.54. The van der Waals surface area contributed by atoms with Crippen molar-refractivity contribution in [3.05, 3.63) is 65.2 Å². The molecule has 1 aliphatic rings. The van der Waals surface area contributed by atoms with Gasteiger partial charge in [-0.3, -0.25) is 4.98 Å². The first-order valence-corrected chi connectivity index (χ1v) is 7.18. The fraction of sp³-hybridized carbons (Fsp3) is 0.353. The van der Waals surface area contributed by atoms with Crippen LogP contribution in [0.15, 0.2) is 42.6 Å². The molecular formula is C17H19FN2. The van der Waals surface area contributed by atoms with Crippen molar-refractivity contribution < 1.29 is 4.39 Å². The minimum Gasteiger partial charge on any atom is -0.327 e. The molecular weight excluding hydrogens is 251 g/mol. The van der Waals surface area contributed by atoms with E-state index in [0.717, 1.165) is 30.5 Å². The van der Waals surface area contributed by atoms with Crippen molar-refractivity contribution in [2.45, 2.75) is 37.6 Å². The Hall–Kier alpha value is -1.74. The number of fused-ring (bicyclic) bond motifs is 1. The molecule has 0 spiro atoms. The molecule has 104 valence electrons. The van der Waals surface area contributed by atoms with Gasteiger partial charge in [0.2, 0.25) is 0 Å². The molecule has 0 saturated carbocycles. The second-order valence-electron chi connectivity index (χ2n) is 5.54. The molecule has 2 aromatic rings. The van der Waals surface area contributed by atoms with Gasteiger partial charge < -0.3 is 5.73 Å². The number of nitrogens with two attached hydrogens (primary N) is 1. The molecule has 0 aliphatic heterocycles. The first-order valence-electron chi connectivity index (χ1n) is 7.18. The maximum absolute atomic E-state index is 13.2. The zero-order valence-electron chi connectivity index (χ0n) is 11.4. The first kappa shape index (κ1) is 13.3. The molecule has 2 atom stereocenters. The van der Waals surface area contributed by atoms with Crippen LogP contribution in [0.3, 0.4) is 0 Å². The third kappa shape index (κ3) is 2.73. The van der Waals surface area contributed by atoms with Crippen molar-refractivity contribution in [2.24, 2.45) is 5.73 Å². The lowest BCUT2D eigenvalue weighted by Crippen LogP contribution is -2.33. The Morgan fingerprint density at radius 3 is 3.05 bits per heavy atom. The van der Waals surface area contributed by atoms with Gasteiger partial charge in [-0.2, -0.15) is 0 Å². The molecule has 20 heavy (non-hydrogen) atoms. The smallest absolute Gasteiger partial charge is 0.123 e. The number of rotatable bonds is 3. The van der Waals surface area contributed by atoms with Crippen LogP contribution in [-0.2, 0) is 12.8 Å². The lowest BCUT2D eigenvalue weighted by Gasteiger charge is -2.29. The summed E-state index contributed by atoms with van der Waals surface area (Å²) in [4.78, 5) is 4.53. The molecule has 1 aliphatic carbocycles. The molecule has 3 heteroatoms. The molecule has 1 aromatic heterocycles. The van der Waals surface area contributed by atoms with Crippen LogP contribution in [-0.4, -0.2) is 11.0 Å². The predicted octanol–water partition coefficient (Wildman–Crippen LogP) is 3.21. The van der Waals surface area contributed by atoms with Crippen molar-refractivity contribution in [3.63, 3.8) is 0 Å². The van der Waals surface area contributed by atoms with Gasteiger partial charge in [0, 0.05) is 23.9 Å². The third-order valence-corrected chi connectivity index (χ3v) is 4.12. The molecule has 2 unspecified atom stereocenters. The largest absolute Gasteiger partial charge is 0.327 e. The van der Waals surface area contributed by atoms with Gasteiger partial charge in [-0.15, -0.1) is 0 Å². The van der Waals surface area contributed by atoms with Gasteiger partial charge in [0.25, 0.3) is 0 Å². The third-order valence-electron chi connectivity index (χ3n) is 4.12. The average Bonchev–Trinajstić information content (AvgIpc) is 2.46. The molecule has 0 saturated heterocycles. The van der Waals surface area contributed by atoms with E-state index in [1.54, 1.807) is 12.1 Å². The Labute approximate surface area is 118 Å². The van der Waals surface area contributed by atoms with E-state index < -0.39 is 0 Å². The van der Waals surface area contributed by atoms with Crippen molar-refractivity contribution in [1.82, 2.24) is 4.98 Å². The average molecular weight is 270 g/mol. The number of hydrogen-bond donors (Lipinski definition) is 1. The summed E-state index contributed by atoms with van der Waals surface area (Å²) >= 11 is 0. The van der Waals surface area contributed by atoms with Crippen molar-refractivity contribution in [2.75, 3.05) is 0 Å². The Morgan fingerprint density at radius 1 is 1.30 bits per heavy atom. The van der Waals surface area contributed by atoms with Gasteiger partial charge in [0.05, 0.1) is 0 Å². The lowest BCUT2D eigenvalue weighted by atomic mass is 9.80. The van der Waals surface area contributed by atoms with Gasteiger partial charge in [-0.25, -0.2) is 4.39 Å². The zero-order valence-corrected chi connectivity index (χ0v) is 11.4. The van der Waals surface area contributed by atoms with Crippen LogP contribution in [0.2, 0.25) is 0 Å². The van der Waals surface area contributed by atoms with Crippen LogP contribution in [0, 0.1) is 5.82 Å². The maximum atomic E-state index is 13.2. The molecule has 0 radical (unpaired) electrons. The normalized spacial score (nSPS) is 19.4. The minimum atomic E-state index is -0.197. The fourth-order valence-corrected chi connectivity index (χ4v) is 3.14. The molecule has 1 aromatic carbocycles. The monoisotopic (exact) mass is 270 g/mol. The minimum absolute atomic E-state index is 0.00856. The molecule has 3 rings (SSSR count). The van der Waals surface area contributed by atoms with Crippen LogP contribution < -0.4 is 5.73 Å². The van der Waals surface area contributed by atoms with E-state index in [4.69, 9.17) is 5.73 Å². The van der Waals surface area contributed by atoms with Crippen LogP contribution in [0.1, 0.15) is 35.6 Å². The quantitative estimate of drug-likeness (QED) is 0.930. The van der Waals surface area contributed by atoms with E-state index in [0.29, 0.717) is 6.42 Å². The Morgan fingerprint density at radius 2 is 2.20 bits per heavy atom. The number of hydrogen-bond acceptors (Lipinski definition) is 2. The van der Waals surface area contributed by atoms with E-state index in [2.05, 4.69) is 11.1 Å². The maximum Gasteiger partial charge on any atom is 0.123 e. The molecule has 1 heterocycles. The van der Waals surface area contributed by atoms with Crippen LogP contribution >= 0.6 is 0 Å². The Kier molecular flexibility index (Phi) is 3.79. The van der Waals surface area contributed by atoms with Gasteiger partial charge in [-0.1, -0.05) is 18.2 Å². The van der Waals surface area contributed by atoms with E-state index in [1.165, 1.54) is 11.6 Å². The van der Waals surface area contributed by atoms with E-state index >= 15 is 0 Å². The summed E-state index contributed by atoms with van der Waals surface area (Å²) in [5, 5.41) is 0. The number of halogens is 1. The molecule has 0 fully saturated rings. The van der Waals surface area contributed by atoms with Crippen molar-refractivity contribution in [3.8, 4) is 0 Å². The first-order chi connectivity index (χ1) is 9.74. The molecule has 2 nitrogen and oxygen atoms in total. The molecule has 2 N–H and O–H groups in total. The topological polar surface area (TPSA) is 38.9 Å². The summed E-state index contributed by atoms with van der Waals surface area (Å²) in [5.41, 5.74) is 9.80. The van der Waals surface area contributed by atoms with Crippen molar-refractivity contribution in [1.29, 1.82) is 0 Å². The summed E-state index contributed by atoms with van der Waals surface area (Å²) in [6.07, 6.45) is 5.84. The summed E-state index contributed by atoms with van der Waals surface area (Å²) in [6.45, 7) is 0. The zero-order chi connectivity index (χ0) is 13.9. The Balaban J connectivity index is 1.80. The number of nitrogens with zero attached hydrogens (tertiary/aromatic N) is 1. The number of aryl methyl sites for hydroxylation is 1. The highest BCUT2D eigenvalue weighted by Crippen LogP contribution is 2.32. The highest BCUT2D eigenvalue weighted by atomic mass is 19.1.